The molecule has 1 N–H and O–H groups in total. The van der Waals surface area contributed by atoms with Crippen molar-refractivity contribution in [2.24, 2.45) is 0 Å². The number of aromatic nitrogens is 1. The second kappa shape index (κ2) is 5.96. The summed E-state index contributed by atoms with van der Waals surface area (Å²) in [5.74, 6) is 0. The van der Waals surface area contributed by atoms with Crippen LogP contribution in [0.3, 0.4) is 0 Å². The van der Waals surface area contributed by atoms with Gasteiger partial charge in [-0.3, -0.25) is 9.99 Å². The van der Waals surface area contributed by atoms with Crippen LogP contribution in [-0.2, 0) is 6.54 Å². The van der Waals surface area contributed by atoms with Crippen LogP contribution in [0, 0.1) is 0 Å². The van der Waals surface area contributed by atoms with Crippen molar-refractivity contribution in [3.8, 4) is 0 Å². The van der Waals surface area contributed by atoms with E-state index >= 15 is 0 Å². The summed E-state index contributed by atoms with van der Waals surface area (Å²) in [6.07, 6.45) is 8.14. The van der Waals surface area contributed by atoms with Gasteiger partial charge in [0.25, 0.3) is 0 Å². The van der Waals surface area contributed by atoms with Crippen LogP contribution in [0.2, 0.25) is 0 Å². The molecule has 3 heterocycles. The molecule has 0 bridgehead atoms. The van der Waals surface area contributed by atoms with Gasteiger partial charge in [-0.2, -0.15) is 0 Å². The highest BCUT2D eigenvalue weighted by Crippen LogP contribution is 2.14. The van der Waals surface area contributed by atoms with E-state index < -0.39 is 0 Å². The highest BCUT2D eigenvalue weighted by molar-refractivity contribution is 5.20. The van der Waals surface area contributed by atoms with Crippen LogP contribution in [0.4, 0.5) is 0 Å². The Hall–Kier alpha value is -2.01. The Balaban J connectivity index is 1.65. The Morgan fingerprint density at radius 3 is 2.80 bits per heavy atom. The number of nitrogens with one attached hydrogen (secondary N) is 1. The molecule has 1 fully saturated rings. The molecule has 0 aromatic carbocycles. The highest BCUT2D eigenvalue weighted by Gasteiger charge is 2.17. The Morgan fingerprint density at radius 2 is 2.05 bits per heavy atom. The van der Waals surface area contributed by atoms with E-state index in [1.165, 1.54) is 5.70 Å². The van der Waals surface area contributed by atoms with Gasteiger partial charge in [0.15, 0.2) is 0 Å². The maximum Gasteiger partial charge on any atom is 0.0810 e. The molecule has 0 amide bonds. The molecule has 0 unspecified atom stereocenters. The minimum atomic E-state index is 0.766. The van der Waals surface area contributed by atoms with Gasteiger partial charge in [-0.1, -0.05) is 6.07 Å². The molecule has 5 heteroatoms. The van der Waals surface area contributed by atoms with Gasteiger partial charge in [0, 0.05) is 44.8 Å². The van der Waals surface area contributed by atoms with Gasteiger partial charge >= 0.3 is 0 Å². The number of hydrogen-bond acceptors (Lipinski definition) is 5. The minimum Gasteiger partial charge on any atom is -0.368 e. The molecule has 20 heavy (non-hydrogen) atoms. The minimum absolute atomic E-state index is 0.766. The summed E-state index contributed by atoms with van der Waals surface area (Å²) in [5.41, 5.74) is 5.58. The fourth-order valence-corrected chi connectivity index (χ4v) is 2.47. The quantitative estimate of drug-likeness (QED) is 0.887. The second-order valence-corrected chi connectivity index (χ2v) is 5.26. The molecule has 5 nitrogen and oxygen atoms in total. The van der Waals surface area contributed by atoms with Crippen molar-refractivity contribution in [2.45, 2.75) is 6.54 Å². The molecule has 1 saturated heterocycles. The maximum absolute atomic E-state index is 4.37. The lowest BCUT2D eigenvalue weighted by molar-refractivity contribution is 0.182. The lowest BCUT2D eigenvalue weighted by atomic mass is 10.2. The normalized spacial score (nSPS) is 19.8. The zero-order chi connectivity index (χ0) is 13.8. The van der Waals surface area contributed by atoms with E-state index in [1.807, 2.05) is 30.6 Å². The van der Waals surface area contributed by atoms with Crippen LogP contribution in [0.1, 0.15) is 5.69 Å². The lowest BCUT2D eigenvalue weighted by Gasteiger charge is -2.36. The molecule has 0 spiro atoms. The fourth-order valence-electron chi connectivity index (χ4n) is 2.47. The third-order valence-corrected chi connectivity index (χ3v) is 3.71. The molecule has 2 aliphatic rings. The molecule has 106 valence electrons. The first kappa shape index (κ1) is 13.0. The van der Waals surface area contributed by atoms with Gasteiger partial charge in [0.05, 0.1) is 17.9 Å². The summed E-state index contributed by atoms with van der Waals surface area (Å²) in [4.78, 5) is 9.17. The average molecular weight is 271 g/mol. The number of nitrogens with zero attached hydrogens (tertiary/aromatic N) is 4. The van der Waals surface area contributed by atoms with Crippen LogP contribution >= 0.6 is 0 Å². The van der Waals surface area contributed by atoms with Gasteiger partial charge in [0.2, 0.25) is 0 Å². The first-order chi connectivity index (χ1) is 9.81. The van der Waals surface area contributed by atoms with E-state index in [0.717, 1.165) is 38.4 Å². The molecule has 0 saturated carbocycles. The van der Waals surface area contributed by atoms with E-state index in [2.05, 4.69) is 44.5 Å². The van der Waals surface area contributed by atoms with Crippen LogP contribution in [-0.4, -0.2) is 53.0 Å². The zero-order valence-corrected chi connectivity index (χ0v) is 11.9. The molecular weight excluding hydrogens is 250 g/mol. The number of allylic oxidation sites excluding steroid dienone is 1. The van der Waals surface area contributed by atoms with Crippen LogP contribution in [0.25, 0.3) is 0 Å². The van der Waals surface area contributed by atoms with Crippen molar-refractivity contribution >= 4 is 0 Å². The predicted molar refractivity (Wildman–Crippen MR) is 79.2 cm³/mol. The first-order valence-electron chi connectivity index (χ1n) is 7.06. The summed E-state index contributed by atoms with van der Waals surface area (Å²) in [6.45, 7) is 5.19. The average Bonchev–Trinajstić information content (AvgIpc) is 2.49. The molecule has 1 aromatic rings. The fraction of sp³-hybridized carbons (Fsp3) is 0.400. The third kappa shape index (κ3) is 3.11. The summed E-state index contributed by atoms with van der Waals surface area (Å²) < 4.78 is 0. The van der Waals surface area contributed by atoms with Crippen molar-refractivity contribution in [1.29, 1.82) is 0 Å². The van der Waals surface area contributed by atoms with Gasteiger partial charge < -0.3 is 15.2 Å². The summed E-state index contributed by atoms with van der Waals surface area (Å²) in [6, 6.07) is 6.01. The molecule has 3 rings (SSSR count). The van der Waals surface area contributed by atoms with E-state index in [9.17, 15) is 0 Å². The second-order valence-electron chi connectivity index (χ2n) is 5.26. The standard InChI is InChI=1S/C15H21N5/c1-18-8-10-19(11-9-18)15-5-7-17-20(13-15)12-14-4-2-3-6-16-14/h2-7,13,17H,8-12H2,1H3. The number of hydrazine groups is 1. The smallest absolute Gasteiger partial charge is 0.0810 e. The number of likely N-dealkylation sites (N-methyl/N-ethyl adjacent to an activating group) is 1. The van der Waals surface area contributed by atoms with Crippen LogP contribution in [0.5, 0.6) is 0 Å². The monoisotopic (exact) mass is 271 g/mol. The Kier molecular flexibility index (Phi) is 3.87. The van der Waals surface area contributed by atoms with Crippen LogP contribution in [0.15, 0.2) is 48.6 Å². The molecule has 0 aliphatic carbocycles. The maximum atomic E-state index is 4.37. The van der Waals surface area contributed by atoms with Gasteiger partial charge in [0.1, 0.15) is 0 Å². The molecule has 0 radical (unpaired) electrons. The molecule has 2 aliphatic heterocycles. The third-order valence-electron chi connectivity index (χ3n) is 3.71. The Labute approximate surface area is 120 Å². The van der Waals surface area contributed by atoms with Crippen molar-refractivity contribution in [1.82, 2.24) is 25.2 Å². The van der Waals surface area contributed by atoms with Crippen molar-refractivity contribution in [2.75, 3.05) is 33.2 Å². The highest BCUT2D eigenvalue weighted by atomic mass is 15.5. The van der Waals surface area contributed by atoms with E-state index in [0.29, 0.717) is 0 Å². The van der Waals surface area contributed by atoms with E-state index in [1.54, 1.807) is 0 Å². The van der Waals surface area contributed by atoms with Crippen molar-refractivity contribution < 1.29 is 0 Å². The van der Waals surface area contributed by atoms with Crippen molar-refractivity contribution in [3.05, 3.63) is 54.3 Å². The molecular formula is C15H21N5. The Morgan fingerprint density at radius 1 is 1.20 bits per heavy atom. The van der Waals surface area contributed by atoms with E-state index in [4.69, 9.17) is 0 Å². The summed E-state index contributed by atoms with van der Waals surface area (Å²) >= 11 is 0. The molecule has 1 aromatic heterocycles. The van der Waals surface area contributed by atoms with Gasteiger partial charge in [-0.05, 0) is 25.3 Å². The molecule has 0 atom stereocenters. The number of rotatable bonds is 3. The number of hydrogen-bond donors (Lipinski definition) is 1. The Bertz CT molecular complexity index is 488. The van der Waals surface area contributed by atoms with Gasteiger partial charge in [-0.15, -0.1) is 0 Å². The lowest BCUT2D eigenvalue weighted by Crippen LogP contribution is -2.45. The summed E-state index contributed by atoms with van der Waals surface area (Å²) in [7, 11) is 2.18. The van der Waals surface area contributed by atoms with Gasteiger partial charge in [-0.25, -0.2) is 0 Å². The zero-order valence-electron chi connectivity index (χ0n) is 11.9. The SMILES string of the molecule is CN1CCN(C2=CN(Cc3ccccn3)NC=C2)CC1. The number of piperazine rings is 1. The number of pyridine rings is 1. The first-order valence-corrected chi connectivity index (χ1v) is 7.06. The van der Waals surface area contributed by atoms with Crippen molar-refractivity contribution in [3.63, 3.8) is 0 Å². The summed E-state index contributed by atoms with van der Waals surface area (Å²) in [5, 5.41) is 2.08. The van der Waals surface area contributed by atoms with Crippen LogP contribution < -0.4 is 5.43 Å². The topological polar surface area (TPSA) is 34.6 Å². The largest absolute Gasteiger partial charge is 0.368 e. The predicted octanol–water partition coefficient (Wildman–Crippen LogP) is 1.00. The van der Waals surface area contributed by atoms with E-state index in [-0.39, 0.29) is 0 Å².